The van der Waals surface area contributed by atoms with Gasteiger partial charge in [-0.2, -0.15) is 0 Å². The molecule has 0 aliphatic carbocycles. The summed E-state index contributed by atoms with van der Waals surface area (Å²) in [6.07, 6.45) is 0. The predicted octanol–water partition coefficient (Wildman–Crippen LogP) is 1.72. The van der Waals surface area contributed by atoms with Crippen LogP contribution >= 0.6 is 11.8 Å². The van der Waals surface area contributed by atoms with E-state index in [1.165, 1.54) is 0 Å². The monoisotopic (exact) mass is 286 g/mol. The van der Waals surface area contributed by atoms with Crippen LogP contribution in [0.2, 0.25) is 0 Å². The molecule has 0 bridgehead atoms. The molecule has 0 saturated carbocycles. The van der Waals surface area contributed by atoms with Crippen LogP contribution in [0.3, 0.4) is 0 Å². The molecule has 5 nitrogen and oxygen atoms in total. The summed E-state index contributed by atoms with van der Waals surface area (Å²) in [5, 5.41) is 0.678. The zero-order valence-electron chi connectivity index (χ0n) is 10.1. The van der Waals surface area contributed by atoms with E-state index >= 15 is 0 Å². The third-order valence-corrected chi connectivity index (χ3v) is 3.71. The van der Waals surface area contributed by atoms with Gasteiger partial charge in [-0.15, -0.1) is 0 Å². The second kappa shape index (κ2) is 5.62. The number of anilines is 1. The standard InChI is InChI=1S/C11H14N2O3S2/c1-7-5-9(13-18(14)15)6-8(2)10(7)16-11-12-3-4-17-11/h5-6,18H,3-4H2,1-2H3,(H,13,14,15). The van der Waals surface area contributed by atoms with Crippen molar-refractivity contribution in [3.8, 4) is 5.75 Å². The van der Waals surface area contributed by atoms with Crippen LogP contribution in [0, 0.1) is 13.8 Å². The molecule has 0 unspecified atom stereocenters. The number of ether oxygens (including phenoxy) is 1. The third kappa shape index (κ3) is 3.17. The van der Waals surface area contributed by atoms with Crippen molar-refractivity contribution in [3.05, 3.63) is 23.3 Å². The normalized spacial score (nSPS) is 14.7. The Bertz CT molecular complexity index is 536. The van der Waals surface area contributed by atoms with Crippen LogP contribution in [-0.4, -0.2) is 25.9 Å². The highest BCUT2D eigenvalue weighted by atomic mass is 32.2. The maximum Gasteiger partial charge on any atom is 0.251 e. The summed E-state index contributed by atoms with van der Waals surface area (Å²) in [6, 6.07) is 3.49. The number of aliphatic imine (C=N–C) groups is 1. The number of hydrogen-bond donors (Lipinski definition) is 2. The Kier molecular flexibility index (Phi) is 4.13. The smallest absolute Gasteiger partial charge is 0.251 e. The first-order chi connectivity index (χ1) is 8.56. The molecule has 7 heteroatoms. The van der Waals surface area contributed by atoms with Crippen molar-refractivity contribution in [2.45, 2.75) is 13.8 Å². The Morgan fingerprint density at radius 3 is 2.50 bits per heavy atom. The van der Waals surface area contributed by atoms with Crippen LogP contribution in [-0.2, 0) is 10.9 Å². The first-order valence-corrected chi connectivity index (χ1v) is 7.60. The lowest BCUT2D eigenvalue weighted by atomic mass is 10.1. The van der Waals surface area contributed by atoms with Crippen molar-refractivity contribution in [3.63, 3.8) is 0 Å². The molecular weight excluding hydrogens is 272 g/mol. The average molecular weight is 286 g/mol. The molecule has 18 heavy (non-hydrogen) atoms. The minimum Gasteiger partial charge on any atom is -0.433 e. The first-order valence-electron chi connectivity index (χ1n) is 5.43. The number of rotatable bonds is 3. The molecule has 1 aliphatic rings. The molecule has 1 aromatic carbocycles. The Morgan fingerprint density at radius 2 is 2.00 bits per heavy atom. The molecule has 98 valence electrons. The van der Waals surface area contributed by atoms with Gasteiger partial charge in [0.15, 0.2) is 0 Å². The molecule has 0 aromatic heterocycles. The number of nitrogens with one attached hydrogen (secondary N) is 1. The van der Waals surface area contributed by atoms with Crippen LogP contribution in [0.4, 0.5) is 5.69 Å². The van der Waals surface area contributed by atoms with E-state index in [2.05, 4.69) is 9.71 Å². The molecule has 2 rings (SSSR count). The molecule has 0 amide bonds. The average Bonchev–Trinajstić information content (AvgIpc) is 2.75. The van der Waals surface area contributed by atoms with Crippen LogP contribution in [0.1, 0.15) is 11.1 Å². The summed E-state index contributed by atoms with van der Waals surface area (Å²) in [6.45, 7) is 4.55. The van der Waals surface area contributed by atoms with E-state index in [4.69, 9.17) is 4.74 Å². The number of aryl methyl sites for hydroxylation is 2. The lowest BCUT2D eigenvalue weighted by molar-refractivity contribution is 0.556. The molecular formula is C11H14N2O3S2. The summed E-state index contributed by atoms with van der Waals surface area (Å²) in [7, 11) is -2.64. The van der Waals surface area contributed by atoms with Crippen LogP contribution in [0.15, 0.2) is 17.1 Å². The van der Waals surface area contributed by atoms with Crippen LogP contribution in [0.5, 0.6) is 5.75 Å². The molecule has 1 heterocycles. The number of benzene rings is 1. The van der Waals surface area contributed by atoms with Gasteiger partial charge in [-0.3, -0.25) is 4.72 Å². The topological polar surface area (TPSA) is 67.8 Å². The van der Waals surface area contributed by atoms with Gasteiger partial charge in [-0.1, -0.05) is 11.8 Å². The van der Waals surface area contributed by atoms with Gasteiger partial charge >= 0.3 is 0 Å². The molecule has 0 radical (unpaired) electrons. The van der Waals surface area contributed by atoms with E-state index in [0.717, 1.165) is 29.2 Å². The van der Waals surface area contributed by atoms with E-state index in [-0.39, 0.29) is 0 Å². The fourth-order valence-corrected chi connectivity index (χ4v) is 2.77. The number of nitrogens with zero attached hydrogens (tertiary/aromatic N) is 1. The quantitative estimate of drug-likeness (QED) is 0.830. The van der Waals surface area contributed by atoms with Crippen LogP contribution in [0.25, 0.3) is 0 Å². The Hall–Kier alpha value is -1.21. The highest BCUT2D eigenvalue weighted by molar-refractivity contribution is 8.13. The van der Waals surface area contributed by atoms with E-state index < -0.39 is 10.9 Å². The second-order valence-electron chi connectivity index (χ2n) is 3.91. The van der Waals surface area contributed by atoms with Crippen molar-refractivity contribution in [2.24, 2.45) is 4.99 Å². The maximum absolute atomic E-state index is 10.6. The van der Waals surface area contributed by atoms with Crippen molar-refractivity contribution in [1.29, 1.82) is 0 Å². The van der Waals surface area contributed by atoms with E-state index in [0.29, 0.717) is 10.9 Å². The summed E-state index contributed by atoms with van der Waals surface area (Å²) in [4.78, 5) is 4.23. The number of hydrogen-bond acceptors (Lipinski definition) is 5. The van der Waals surface area contributed by atoms with E-state index in [1.54, 1.807) is 23.9 Å². The molecule has 1 aromatic rings. The van der Waals surface area contributed by atoms with Crippen molar-refractivity contribution < 1.29 is 13.2 Å². The van der Waals surface area contributed by atoms with Gasteiger partial charge in [-0.25, -0.2) is 13.4 Å². The minimum atomic E-state index is -2.64. The lowest BCUT2D eigenvalue weighted by Gasteiger charge is -2.12. The Labute approximate surface area is 112 Å². The Balaban J connectivity index is 2.25. The molecule has 0 fully saturated rings. The van der Waals surface area contributed by atoms with Gasteiger partial charge in [0.1, 0.15) is 5.75 Å². The molecule has 1 aliphatic heterocycles. The highest BCUT2D eigenvalue weighted by Gasteiger charge is 2.13. The molecule has 0 saturated heterocycles. The molecule has 0 spiro atoms. The van der Waals surface area contributed by atoms with Crippen molar-refractivity contribution in [2.75, 3.05) is 17.0 Å². The summed E-state index contributed by atoms with van der Waals surface area (Å²) < 4.78 is 29.4. The summed E-state index contributed by atoms with van der Waals surface area (Å²) in [5.41, 5.74) is 2.31. The fourth-order valence-electron chi connectivity index (χ4n) is 1.75. The van der Waals surface area contributed by atoms with Gasteiger partial charge in [0.2, 0.25) is 10.9 Å². The van der Waals surface area contributed by atoms with Gasteiger partial charge in [-0.05, 0) is 37.1 Å². The van der Waals surface area contributed by atoms with Crippen molar-refractivity contribution >= 4 is 33.6 Å². The minimum absolute atomic E-state index is 0.550. The van der Waals surface area contributed by atoms with Gasteiger partial charge in [0.25, 0.3) is 5.23 Å². The summed E-state index contributed by atoms with van der Waals surface area (Å²) >= 11 is 1.58. The van der Waals surface area contributed by atoms with Gasteiger partial charge in [0.05, 0.1) is 6.54 Å². The van der Waals surface area contributed by atoms with E-state index in [9.17, 15) is 8.42 Å². The maximum atomic E-state index is 10.6. The van der Waals surface area contributed by atoms with Gasteiger partial charge in [0, 0.05) is 11.4 Å². The molecule has 0 atom stereocenters. The zero-order valence-corrected chi connectivity index (χ0v) is 11.8. The van der Waals surface area contributed by atoms with Crippen molar-refractivity contribution in [1.82, 2.24) is 0 Å². The number of thioether (sulfide) groups is 1. The highest BCUT2D eigenvalue weighted by Crippen LogP contribution is 2.29. The van der Waals surface area contributed by atoms with Gasteiger partial charge < -0.3 is 4.74 Å². The number of thiol groups is 1. The molecule has 1 N–H and O–H groups in total. The van der Waals surface area contributed by atoms with E-state index in [1.807, 2.05) is 13.8 Å². The third-order valence-electron chi connectivity index (χ3n) is 2.43. The zero-order chi connectivity index (χ0) is 13.1. The Morgan fingerprint density at radius 1 is 1.33 bits per heavy atom. The first kappa shape index (κ1) is 13.2. The lowest BCUT2D eigenvalue weighted by Crippen LogP contribution is -2.05. The SMILES string of the molecule is Cc1cc(N[SH](=O)=O)cc(C)c1OC1=NCCS1. The largest absolute Gasteiger partial charge is 0.433 e. The summed E-state index contributed by atoms with van der Waals surface area (Å²) in [5.74, 6) is 1.69. The van der Waals surface area contributed by atoms with Crippen LogP contribution < -0.4 is 9.46 Å². The fraction of sp³-hybridized carbons (Fsp3) is 0.364. The second-order valence-corrected chi connectivity index (χ2v) is 5.69. The predicted molar refractivity (Wildman–Crippen MR) is 75.2 cm³/mol.